The fraction of sp³-hybridized carbons (Fsp3) is 0.235. The summed E-state index contributed by atoms with van der Waals surface area (Å²) in [5.41, 5.74) is 1.18. The molecule has 4 rings (SSSR count). The second-order valence-electron chi connectivity index (χ2n) is 5.54. The fourth-order valence-electron chi connectivity index (χ4n) is 3.14. The molecule has 1 aromatic carbocycles. The molecule has 5 heteroatoms. The first-order valence-corrected chi connectivity index (χ1v) is 8.49. The van der Waals surface area contributed by atoms with Gasteiger partial charge in [0.15, 0.2) is 0 Å². The number of nitrogens with zero attached hydrogens (tertiary/aromatic N) is 2. The van der Waals surface area contributed by atoms with Crippen LogP contribution in [0.3, 0.4) is 0 Å². The predicted octanol–water partition coefficient (Wildman–Crippen LogP) is 4.57. The minimum absolute atomic E-state index is 0.0335. The van der Waals surface area contributed by atoms with Gasteiger partial charge in [-0.15, -0.1) is 11.3 Å². The lowest BCUT2D eigenvalue weighted by Gasteiger charge is -2.34. The van der Waals surface area contributed by atoms with Gasteiger partial charge in [0.25, 0.3) is 5.91 Å². The van der Waals surface area contributed by atoms with Crippen LogP contribution >= 0.6 is 22.9 Å². The van der Waals surface area contributed by atoms with Crippen molar-refractivity contribution in [3.05, 3.63) is 58.2 Å². The van der Waals surface area contributed by atoms with Crippen molar-refractivity contribution < 1.29 is 4.79 Å². The maximum Gasteiger partial charge on any atom is 0.266 e. The second-order valence-corrected chi connectivity index (χ2v) is 6.97. The van der Waals surface area contributed by atoms with E-state index in [0.717, 1.165) is 16.6 Å². The molecule has 0 N–H and O–H groups in total. The summed E-state index contributed by atoms with van der Waals surface area (Å²) >= 11 is 7.94. The van der Waals surface area contributed by atoms with Gasteiger partial charge in [-0.3, -0.25) is 4.79 Å². The van der Waals surface area contributed by atoms with Gasteiger partial charge in [0.05, 0.1) is 11.1 Å². The molecule has 1 amide bonds. The van der Waals surface area contributed by atoms with E-state index in [9.17, 15) is 4.79 Å². The van der Waals surface area contributed by atoms with Crippen molar-refractivity contribution in [1.82, 2.24) is 9.47 Å². The van der Waals surface area contributed by atoms with E-state index in [1.807, 2.05) is 35.2 Å². The van der Waals surface area contributed by atoms with Crippen LogP contribution in [0.1, 0.15) is 28.3 Å². The highest BCUT2D eigenvalue weighted by molar-refractivity contribution is 7.21. The topological polar surface area (TPSA) is 25.2 Å². The lowest BCUT2D eigenvalue weighted by molar-refractivity contribution is 0.0649. The van der Waals surface area contributed by atoms with Gasteiger partial charge in [-0.25, -0.2) is 0 Å². The number of fused-ring (bicyclic) bond motifs is 2. The summed E-state index contributed by atoms with van der Waals surface area (Å²) in [5.74, 6) is 0.0335. The zero-order valence-corrected chi connectivity index (χ0v) is 13.7. The molecule has 3 aromatic rings. The molecule has 22 heavy (non-hydrogen) atoms. The van der Waals surface area contributed by atoms with Gasteiger partial charge >= 0.3 is 0 Å². The summed E-state index contributed by atoms with van der Waals surface area (Å²) in [7, 11) is 0. The molecule has 0 fully saturated rings. The Balaban J connectivity index is 1.74. The quantitative estimate of drug-likeness (QED) is 0.641. The van der Waals surface area contributed by atoms with Crippen molar-refractivity contribution in [2.45, 2.75) is 19.5 Å². The molecular weight excluding hydrogens is 316 g/mol. The number of aromatic nitrogens is 1. The van der Waals surface area contributed by atoms with Crippen LogP contribution < -0.4 is 0 Å². The number of carbonyl (C=O) groups is 1. The Bertz CT molecular complexity index is 867. The Morgan fingerprint density at radius 3 is 2.86 bits per heavy atom. The molecule has 1 atom stereocenters. The first kappa shape index (κ1) is 13.9. The molecule has 2 aromatic heterocycles. The molecular formula is C17H15ClN2OS. The maximum absolute atomic E-state index is 13.0. The van der Waals surface area contributed by atoms with Crippen molar-refractivity contribution in [3.63, 3.8) is 0 Å². The Kier molecular flexibility index (Phi) is 3.24. The van der Waals surface area contributed by atoms with E-state index in [0.29, 0.717) is 16.4 Å². The monoisotopic (exact) mass is 330 g/mol. The molecule has 0 aliphatic carbocycles. The Hall–Kier alpha value is -1.78. The number of amides is 1. The van der Waals surface area contributed by atoms with Crippen LogP contribution in [0.15, 0.2) is 42.6 Å². The summed E-state index contributed by atoms with van der Waals surface area (Å²) in [6, 6.07) is 12.1. The largest absolute Gasteiger partial charge is 0.348 e. The summed E-state index contributed by atoms with van der Waals surface area (Å²) < 4.78 is 3.27. The van der Waals surface area contributed by atoms with Gasteiger partial charge < -0.3 is 9.47 Å². The van der Waals surface area contributed by atoms with E-state index in [1.54, 1.807) is 0 Å². The molecule has 112 valence electrons. The van der Waals surface area contributed by atoms with E-state index in [-0.39, 0.29) is 11.9 Å². The van der Waals surface area contributed by atoms with Gasteiger partial charge in [-0.1, -0.05) is 29.8 Å². The van der Waals surface area contributed by atoms with Gasteiger partial charge in [0.2, 0.25) is 0 Å². The van der Waals surface area contributed by atoms with Crippen LogP contribution in [0.5, 0.6) is 0 Å². The summed E-state index contributed by atoms with van der Waals surface area (Å²) in [6.07, 6.45) is 2.07. The average molecular weight is 331 g/mol. The van der Waals surface area contributed by atoms with Crippen LogP contribution in [0.4, 0.5) is 0 Å². The zero-order valence-electron chi connectivity index (χ0n) is 12.1. The molecule has 1 aliphatic rings. The van der Waals surface area contributed by atoms with Gasteiger partial charge in [0, 0.05) is 35.1 Å². The molecule has 0 spiro atoms. The number of thiophene rings is 1. The fourth-order valence-corrected chi connectivity index (χ4v) is 4.61. The zero-order chi connectivity index (χ0) is 15.3. The van der Waals surface area contributed by atoms with Crippen LogP contribution in [0, 0.1) is 0 Å². The lowest BCUT2D eigenvalue weighted by atomic mass is 10.1. The van der Waals surface area contributed by atoms with Crippen molar-refractivity contribution in [3.8, 4) is 0 Å². The van der Waals surface area contributed by atoms with Gasteiger partial charge in [0.1, 0.15) is 4.88 Å². The molecule has 1 aliphatic heterocycles. The van der Waals surface area contributed by atoms with E-state index >= 15 is 0 Å². The van der Waals surface area contributed by atoms with Crippen LogP contribution in [0.2, 0.25) is 5.02 Å². The molecule has 0 radical (unpaired) electrons. The number of rotatable bonds is 1. The first-order chi connectivity index (χ1) is 10.7. The molecule has 0 bridgehead atoms. The highest BCUT2D eigenvalue weighted by Gasteiger charge is 2.30. The summed E-state index contributed by atoms with van der Waals surface area (Å²) in [5, 5.41) is 1.55. The van der Waals surface area contributed by atoms with Gasteiger partial charge in [-0.05, 0) is 25.1 Å². The number of hydrogen-bond donors (Lipinski definition) is 0. The standard InChI is InChI=1S/C17H15ClN2OS/c1-11-13-6-4-8-19(13)9-10-20(11)17(21)16-15(18)12-5-2-3-7-14(12)22-16/h2-8,11H,9-10H2,1H3/t11-/m0/s1. The van der Waals surface area contributed by atoms with Crippen LogP contribution in [-0.4, -0.2) is 21.9 Å². The van der Waals surface area contributed by atoms with E-state index in [2.05, 4.69) is 23.8 Å². The second kappa shape index (κ2) is 5.14. The van der Waals surface area contributed by atoms with E-state index in [1.165, 1.54) is 17.0 Å². The Morgan fingerprint density at radius 1 is 1.23 bits per heavy atom. The minimum atomic E-state index is 0.0335. The number of hydrogen-bond acceptors (Lipinski definition) is 2. The smallest absolute Gasteiger partial charge is 0.266 e. The first-order valence-electron chi connectivity index (χ1n) is 7.30. The van der Waals surface area contributed by atoms with E-state index in [4.69, 9.17) is 11.6 Å². The normalized spacial score (nSPS) is 17.7. The molecule has 3 nitrogen and oxygen atoms in total. The SMILES string of the molecule is C[C@H]1c2cccn2CCN1C(=O)c1sc2ccccc2c1Cl. The Labute approximate surface area is 137 Å². The number of benzene rings is 1. The molecule has 0 unspecified atom stereocenters. The lowest BCUT2D eigenvalue weighted by Crippen LogP contribution is -2.40. The molecule has 3 heterocycles. The third kappa shape index (κ3) is 1.98. The third-order valence-corrected chi connectivity index (χ3v) is 6.00. The van der Waals surface area contributed by atoms with Crippen LogP contribution in [-0.2, 0) is 6.54 Å². The maximum atomic E-state index is 13.0. The van der Waals surface area contributed by atoms with Crippen molar-refractivity contribution in [2.75, 3.05) is 6.54 Å². The summed E-state index contributed by atoms with van der Waals surface area (Å²) in [6.45, 7) is 3.62. The van der Waals surface area contributed by atoms with Crippen molar-refractivity contribution in [1.29, 1.82) is 0 Å². The third-order valence-electron chi connectivity index (χ3n) is 4.33. The van der Waals surface area contributed by atoms with Gasteiger partial charge in [-0.2, -0.15) is 0 Å². The van der Waals surface area contributed by atoms with Crippen LogP contribution in [0.25, 0.3) is 10.1 Å². The average Bonchev–Trinajstić information content (AvgIpc) is 3.13. The minimum Gasteiger partial charge on any atom is -0.348 e. The summed E-state index contributed by atoms with van der Waals surface area (Å²) in [4.78, 5) is 15.5. The molecule has 0 saturated carbocycles. The number of carbonyl (C=O) groups excluding carboxylic acids is 1. The Morgan fingerprint density at radius 2 is 2.05 bits per heavy atom. The van der Waals surface area contributed by atoms with Crippen molar-refractivity contribution >= 4 is 38.9 Å². The predicted molar refractivity (Wildman–Crippen MR) is 90.7 cm³/mol. The molecule has 0 saturated heterocycles. The van der Waals surface area contributed by atoms with E-state index < -0.39 is 0 Å². The number of halogens is 1. The highest BCUT2D eigenvalue weighted by atomic mass is 35.5. The highest BCUT2D eigenvalue weighted by Crippen LogP contribution is 2.37. The van der Waals surface area contributed by atoms with Crippen molar-refractivity contribution in [2.24, 2.45) is 0 Å².